The molecule has 0 N–H and O–H groups in total. The fourth-order valence-corrected chi connectivity index (χ4v) is 3.21. The summed E-state index contributed by atoms with van der Waals surface area (Å²) < 4.78 is 11.7. The summed E-state index contributed by atoms with van der Waals surface area (Å²) in [5, 5.41) is 0. The maximum Gasteiger partial charge on any atom is 0.125 e. The highest BCUT2D eigenvalue weighted by atomic mass is 16.5. The first-order valence-electron chi connectivity index (χ1n) is 7.75. The number of benzene rings is 1. The minimum absolute atomic E-state index is 0.360. The molecule has 2 heterocycles. The number of hydrogen-bond donors (Lipinski definition) is 0. The Kier molecular flexibility index (Phi) is 4.27. The molecule has 0 bridgehead atoms. The van der Waals surface area contributed by atoms with Crippen LogP contribution in [0.5, 0.6) is 5.75 Å². The predicted octanol–water partition coefficient (Wildman–Crippen LogP) is 2.79. The van der Waals surface area contributed by atoms with E-state index in [0.717, 1.165) is 38.0 Å². The standard InChI is InChI=1S/C17H25NO2/c1-13-5-3-6-14(2)17(13)20-16-10-18(11-16)9-15-7-4-8-19-12-15/h3,5-6,15-16H,4,7-12H2,1-2H3. The lowest BCUT2D eigenvalue weighted by atomic mass is 9.99. The number of rotatable bonds is 4. The van der Waals surface area contributed by atoms with Crippen molar-refractivity contribution in [2.45, 2.75) is 32.8 Å². The maximum atomic E-state index is 6.16. The summed E-state index contributed by atoms with van der Waals surface area (Å²) in [4.78, 5) is 2.50. The van der Waals surface area contributed by atoms with E-state index < -0.39 is 0 Å². The second-order valence-electron chi connectivity index (χ2n) is 6.26. The van der Waals surface area contributed by atoms with Crippen LogP contribution in [0.2, 0.25) is 0 Å². The lowest BCUT2D eigenvalue weighted by Crippen LogP contribution is -2.55. The molecular weight excluding hydrogens is 250 g/mol. The summed E-state index contributed by atoms with van der Waals surface area (Å²) in [6.07, 6.45) is 2.90. The zero-order valence-electron chi connectivity index (χ0n) is 12.6. The van der Waals surface area contributed by atoms with Crippen molar-refractivity contribution in [2.75, 3.05) is 32.8 Å². The molecular formula is C17H25NO2. The topological polar surface area (TPSA) is 21.7 Å². The third kappa shape index (κ3) is 3.15. The predicted molar refractivity (Wildman–Crippen MR) is 80.3 cm³/mol. The average Bonchev–Trinajstić information content (AvgIpc) is 2.41. The van der Waals surface area contributed by atoms with E-state index in [4.69, 9.17) is 9.47 Å². The largest absolute Gasteiger partial charge is 0.487 e. The summed E-state index contributed by atoms with van der Waals surface area (Å²) in [6, 6.07) is 6.34. The SMILES string of the molecule is Cc1cccc(C)c1OC1CN(CC2CCCOC2)C1. The van der Waals surface area contributed by atoms with Gasteiger partial charge in [-0.1, -0.05) is 18.2 Å². The van der Waals surface area contributed by atoms with Crippen LogP contribution in [0.4, 0.5) is 0 Å². The van der Waals surface area contributed by atoms with Gasteiger partial charge in [-0.2, -0.15) is 0 Å². The van der Waals surface area contributed by atoms with E-state index >= 15 is 0 Å². The van der Waals surface area contributed by atoms with Gasteiger partial charge in [0.1, 0.15) is 11.9 Å². The minimum Gasteiger partial charge on any atom is -0.487 e. The molecule has 3 nitrogen and oxygen atoms in total. The summed E-state index contributed by atoms with van der Waals surface area (Å²) in [5.74, 6) is 1.81. The molecule has 3 rings (SSSR count). The molecule has 20 heavy (non-hydrogen) atoms. The molecule has 2 aliphatic heterocycles. The van der Waals surface area contributed by atoms with Crippen molar-refractivity contribution in [3.63, 3.8) is 0 Å². The zero-order valence-corrected chi connectivity index (χ0v) is 12.6. The van der Waals surface area contributed by atoms with Gasteiger partial charge in [-0.05, 0) is 43.7 Å². The molecule has 2 saturated heterocycles. The molecule has 2 aliphatic rings. The summed E-state index contributed by atoms with van der Waals surface area (Å²) in [6.45, 7) is 9.44. The monoisotopic (exact) mass is 275 g/mol. The smallest absolute Gasteiger partial charge is 0.125 e. The van der Waals surface area contributed by atoms with Crippen LogP contribution in [0, 0.1) is 19.8 Å². The Morgan fingerprint density at radius 3 is 2.65 bits per heavy atom. The third-order valence-corrected chi connectivity index (χ3v) is 4.39. The van der Waals surface area contributed by atoms with Gasteiger partial charge in [0.15, 0.2) is 0 Å². The molecule has 0 saturated carbocycles. The van der Waals surface area contributed by atoms with Crippen molar-refractivity contribution in [3.05, 3.63) is 29.3 Å². The summed E-state index contributed by atoms with van der Waals surface area (Å²) in [7, 11) is 0. The van der Waals surface area contributed by atoms with Gasteiger partial charge in [0.2, 0.25) is 0 Å². The molecule has 0 amide bonds. The van der Waals surface area contributed by atoms with Gasteiger partial charge in [-0.25, -0.2) is 0 Å². The van der Waals surface area contributed by atoms with Gasteiger partial charge < -0.3 is 9.47 Å². The fraction of sp³-hybridized carbons (Fsp3) is 0.647. The third-order valence-electron chi connectivity index (χ3n) is 4.39. The molecule has 3 heteroatoms. The van der Waals surface area contributed by atoms with Crippen molar-refractivity contribution in [1.29, 1.82) is 0 Å². The highest BCUT2D eigenvalue weighted by molar-refractivity contribution is 5.40. The number of para-hydroxylation sites is 1. The van der Waals surface area contributed by atoms with Gasteiger partial charge >= 0.3 is 0 Å². The molecule has 1 atom stereocenters. The number of hydrogen-bond acceptors (Lipinski definition) is 3. The van der Waals surface area contributed by atoms with E-state index in [-0.39, 0.29) is 0 Å². The number of aryl methyl sites for hydroxylation is 2. The van der Waals surface area contributed by atoms with Crippen molar-refractivity contribution in [2.24, 2.45) is 5.92 Å². The van der Waals surface area contributed by atoms with E-state index in [0.29, 0.717) is 6.10 Å². The Bertz CT molecular complexity index is 428. The van der Waals surface area contributed by atoms with Gasteiger partial charge in [0.05, 0.1) is 6.61 Å². The first-order chi connectivity index (χ1) is 9.72. The van der Waals surface area contributed by atoms with Crippen molar-refractivity contribution in [1.82, 2.24) is 4.90 Å². The van der Waals surface area contributed by atoms with Crippen LogP contribution in [0.3, 0.4) is 0 Å². The Balaban J connectivity index is 1.46. The molecule has 1 aromatic carbocycles. The number of nitrogens with zero attached hydrogens (tertiary/aromatic N) is 1. The Hall–Kier alpha value is -1.06. The van der Waals surface area contributed by atoms with E-state index in [1.165, 1.54) is 30.5 Å². The molecule has 110 valence electrons. The minimum atomic E-state index is 0.360. The first kappa shape index (κ1) is 13.9. The summed E-state index contributed by atoms with van der Waals surface area (Å²) in [5.41, 5.74) is 2.48. The summed E-state index contributed by atoms with van der Waals surface area (Å²) >= 11 is 0. The normalized spacial score (nSPS) is 24.4. The van der Waals surface area contributed by atoms with Crippen molar-refractivity contribution >= 4 is 0 Å². The molecule has 0 aromatic heterocycles. The molecule has 0 aliphatic carbocycles. The zero-order chi connectivity index (χ0) is 13.9. The van der Waals surface area contributed by atoms with E-state index in [1.54, 1.807) is 0 Å². The average molecular weight is 275 g/mol. The highest BCUT2D eigenvalue weighted by Crippen LogP contribution is 2.26. The fourth-order valence-electron chi connectivity index (χ4n) is 3.21. The highest BCUT2D eigenvalue weighted by Gasteiger charge is 2.31. The number of likely N-dealkylation sites (tertiary alicyclic amines) is 1. The second kappa shape index (κ2) is 6.15. The van der Waals surface area contributed by atoms with Crippen LogP contribution in [0.1, 0.15) is 24.0 Å². The van der Waals surface area contributed by atoms with Crippen LogP contribution in [0.25, 0.3) is 0 Å². The van der Waals surface area contributed by atoms with Gasteiger partial charge in [-0.3, -0.25) is 4.90 Å². The molecule has 0 spiro atoms. The van der Waals surface area contributed by atoms with Crippen LogP contribution in [0.15, 0.2) is 18.2 Å². The van der Waals surface area contributed by atoms with E-state index in [2.05, 4.69) is 36.9 Å². The van der Waals surface area contributed by atoms with Crippen molar-refractivity contribution < 1.29 is 9.47 Å². The van der Waals surface area contributed by atoms with E-state index in [1.807, 2.05) is 0 Å². The second-order valence-corrected chi connectivity index (χ2v) is 6.26. The Morgan fingerprint density at radius 2 is 2.00 bits per heavy atom. The Labute approximate surface area is 121 Å². The van der Waals surface area contributed by atoms with Gasteiger partial charge in [0, 0.05) is 26.2 Å². The van der Waals surface area contributed by atoms with Crippen LogP contribution < -0.4 is 4.74 Å². The number of ether oxygens (including phenoxy) is 2. The molecule has 2 fully saturated rings. The van der Waals surface area contributed by atoms with Crippen LogP contribution >= 0.6 is 0 Å². The molecule has 1 unspecified atom stereocenters. The first-order valence-corrected chi connectivity index (χ1v) is 7.75. The van der Waals surface area contributed by atoms with Gasteiger partial charge in [-0.15, -0.1) is 0 Å². The Morgan fingerprint density at radius 1 is 1.25 bits per heavy atom. The van der Waals surface area contributed by atoms with Crippen LogP contribution in [-0.4, -0.2) is 43.9 Å². The lowest BCUT2D eigenvalue weighted by molar-refractivity contribution is -0.0175. The van der Waals surface area contributed by atoms with Gasteiger partial charge in [0.25, 0.3) is 0 Å². The quantitative estimate of drug-likeness (QED) is 0.843. The van der Waals surface area contributed by atoms with E-state index in [9.17, 15) is 0 Å². The maximum absolute atomic E-state index is 6.16. The molecule has 0 radical (unpaired) electrons. The molecule has 1 aromatic rings. The van der Waals surface area contributed by atoms with Crippen LogP contribution in [-0.2, 0) is 4.74 Å². The van der Waals surface area contributed by atoms with Crippen molar-refractivity contribution in [3.8, 4) is 5.75 Å². The lowest BCUT2D eigenvalue weighted by Gasteiger charge is -2.41.